The molecule has 0 unspecified atom stereocenters. The maximum absolute atomic E-state index is 8.60. The molecule has 1 aromatic carbocycles. The normalized spacial score (nSPS) is 13.8. The van der Waals surface area contributed by atoms with Crippen molar-refractivity contribution >= 4 is 6.20 Å². The quantitative estimate of drug-likeness (QED) is 0.489. The summed E-state index contributed by atoms with van der Waals surface area (Å²) in [5, 5.41) is 10.6. The zero-order chi connectivity index (χ0) is 8.39. The average Bonchev–Trinajstić information content (AvgIpc) is 2.17. The van der Waals surface area contributed by atoms with Crippen molar-refractivity contribution in [1.29, 1.82) is 5.26 Å². The smallest absolute Gasteiger partial charge is 0.185 e. The molecule has 1 heterocycles. The summed E-state index contributed by atoms with van der Waals surface area (Å²) in [5.74, 6) is 0. The molecule has 0 N–H and O–H groups in total. The van der Waals surface area contributed by atoms with E-state index in [9.17, 15) is 0 Å². The topological polar surface area (TPSA) is 39.4 Å². The van der Waals surface area contributed by atoms with Crippen molar-refractivity contribution in [2.75, 3.05) is 6.67 Å². The van der Waals surface area contributed by atoms with Crippen LogP contribution in [0.15, 0.2) is 29.3 Å². The molecule has 2 rings (SSSR count). The van der Waals surface area contributed by atoms with Crippen molar-refractivity contribution in [3.8, 4) is 6.19 Å². The minimum Gasteiger partial charge on any atom is -0.265 e. The Kier molecular flexibility index (Phi) is 1.52. The number of benzene rings is 1. The van der Waals surface area contributed by atoms with E-state index < -0.39 is 0 Å². The highest BCUT2D eigenvalue weighted by Gasteiger charge is 1.99. The molecule has 0 aromatic heterocycles. The van der Waals surface area contributed by atoms with Crippen LogP contribution in [-0.4, -0.2) is 11.6 Å². The SMILES string of the molecule is N#CN1C=c2ccccc2=NC1. The number of rotatable bonds is 0. The fourth-order valence-corrected chi connectivity index (χ4v) is 1.16. The largest absolute Gasteiger partial charge is 0.265 e. The highest BCUT2D eigenvalue weighted by Crippen LogP contribution is 1.88. The Balaban J connectivity index is 2.65. The highest BCUT2D eigenvalue weighted by atomic mass is 15.2. The van der Waals surface area contributed by atoms with E-state index in [0.29, 0.717) is 6.67 Å². The van der Waals surface area contributed by atoms with Crippen molar-refractivity contribution in [2.24, 2.45) is 4.99 Å². The number of para-hydroxylation sites is 1. The predicted molar refractivity (Wildman–Crippen MR) is 44.0 cm³/mol. The Labute approximate surface area is 69.9 Å². The Morgan fingerprint density at radius 3 is 3.08 bits per heavy atom. The number of hydrogen-bond acceptors (Lipinski definition) is 3. The van der Waals surface area contributed by atoms with Gasteiger partial charge in [-0.2, -0.15) is 5.26 Å². The van der Waals surface area contributed by atoms with Crippen molar-refractivity contribution in [2.45, 2.75) is 0 Å². The summed E-state index contributed by atoms with van der Waals surface area (Å²) in [6.45, 7) is 0.438. The van der Waals surface area contributed by atoms with Crippen LogP contribution in [0.2, 0.25) is 0 Å². The van der Waals surface area contributed by atoms with Crippen molar-refractivity contribution in [3.05, 3.63) is 34.8 Å². The molecule has 1 aromatic rings. The number of fused-ring (bicyclic) bond motifs is 1. The molecule has 0 radical (unpaired) electrons. The van der Waals surface area contributed by atoms with Crippen LogP contribution in [0, 0.1) is 11.5 Å². The highest BCUT2D eigenvalue weighted by molar-refractivity contribution is 5.26. The number of nitrogens with zero attached hydrogens (tertiary/aromatic N) is 3. The number of nitriles is 1. The molecular formula is C9H7N3. The first kappa shape index (κ1) is 6.86. The van der Waals surface area contributed by atoms with Gasteiger partial charge in [-0.3, -0.25) is 9.89 Å². The summed E-state index contributed by atoms with van der Waals surface area (Å²) in [5.41, 5.74) is 0. The fraction of sp³-hybridized carbons (Fsp3) is 0.111. The van der Waals surface area contributed by atoms with Gasteiger partial charge in [0.15, 0.2) is 6.19 Å². The van der Waals surface area contributed by atoms with Crippen LogP contribution < -0.4 is 10.6 Å². The van der Waals surface area contributed by atoms with E-state index in [1.807, 2.05) is 36.7 Å². The molecule has 1 aliphatic heterocycles. The van der Waals surface area contributed by atoms with E-state index >= 15 is 0 Å². The van der Waals surface area contributed by atoms with Gasteiger partial charge in [0, 0.05) is 11.4 Å². The van der Waals surface area contributed by atoms with Gasteiger partial charge in [0.1, 0.15) is 6.67 Å². The fourth-order valence-electron chi connectivity index (χ4n) is 1.16. The van der Waals surface area contributed by atoms with Gasteiger partial charge >= 0.3 is 0 Å². The minimum absolute atomic E-state index is 0.438. The van der Waals surface area contributed by atoms with Gasteiger partial charge in [-0.25, -0.2) is 0 Å². The molecule has 0 aliphatic carbocycles. The molecule has 0 amide bonds. The van der Waals surface area contributed by atoms with Crippen molar-refractivity contribution < 1.29 is 0 Å². The summed E-state index contributed by atoms with van der Waals surface area (Å²) < 4.78 is 0. The molecule has 0 atom stereocenters. The second kappa shape index (κ2) is 2.67. The lowest BCUT2D eigenvalue weighted by Gasteiger charge is -2.09. The van der Waals surface area contributed by atoms with Crippen LogP contribution in [0.25, 0.3) is 6.20 Å². The standard InChI is InChI=1S/C9H7N3/c10-6-12-5-8-3-1-2-4-9(8)11-7-12/h1-5H,7H2. The zero-order valence-electron chi connectivity index (χ0n) is 6.44. The van der Waals surface area contributed by atoms with Gasteiger partial charge in [0.2, 0.25) is 0 Å². The molecule has 12 heavy (non-hydrogen) atoms. The Morgan fingerprint density at radius 2 is 2.25 bits per heavy atom. The second-order valence-corrected chi connectivity index (χ2v) is 2.56. The summed E-state index contributed by atoms with van der Waals surface area (Å²) in [6.07, 6.45) is 3.84. The van der Waals surface area contributed by atoms with Crippen LogP contribution in [0.3, 0.4) is 0 Å². The van der Waals surface area contributed by atoms with Gasteiger partial charge in [-0.05, 0) is 6.07 Å². The van der Waals surface area contributed by atoms with E-state index in [0.717, 1.165) is 10.6 Å². The van der Waals surface area contributed by atoms with E-state index in [-0.39, 0.29) is 0 Å². The molecule has 0 saturated carbocycles. The van der Waals surface area contributed by atoms with E-state index in [4.69, 9.17) is 5.26 Å². The first-order valence-electron chi connectivity index (χ1n) is 3.68. The third-order valence-electron chi connectivity index (χ3n) is 1.75. The van der Waals surface area contributed by atoms with E-state index in [1.165, 1.54) is 4.90 Å². The molecule has 3 nitrogen and oxygen atoms in total. The van der Waals surface area contributed by atoms with Crippen LogP contribution in [0.1, 0.15) is 0 Å². The van der Waals surface area contributed by atoms with Crippen LogP contribution in [0.5, 0.6) is 0 Å². The molecule has 58 valence electrons. The van der Waals surface area contributed by atoms with Crippen molar-refractivity contribution in [1.82, 2.24) is 4.90 Å². The molecule has 0 bridgehead atoms. The molecule has 0 saturated heterocycles. The maximum atomic E-state index is 8.60. The molecular weight excluding hydrogens is 150 g/mol. The lowest BCUT2D eigenvalue weighted by Crippen LogP contribution is -2.33. The molecule has 0 spiro atoms. The van der Waals surface area contributed by atoms with Gasteiger partial charge in [0.25, 0.3) is 0 Å². The summed E-state index contributed by atoms with van der Waals surface area (Å²) >= 11 is 0. The first-order valence-corrected chi connectivity index (χ1v) is 3.68. The monoisotopic (exact) mass is 157 g/mol. The summed E-state index contributed by atoms with van der Waals surface area (Å²) in [7, 11) is 0. The third kappa shape index (κ3) is 1.04. The lowest BCUT2D eigenvalue weighted by molar-refractivity contribution is 0.566. The van der Waals surface area contributed by atoms with Crippen LogP contribution in [-0.2, 0) is 0 Å². The second-order valence-electron chi connectivity index (χ2n) is 2.56. The minimum atomic E-state index is 0.438. The van der Waals surface area contributed by atoms with Gasteiger partial charge in [-0.1, -0.05) is 18.2 Å². The Bertz CT molecular complexity index is 442. The predicted octanol–water partition coefficient (Wildman–Crippen LogP) is -0.202. The summed E-state index contributed by atoms with van der Waals surface area (Å²) in [6, 6.07) is 7.77. The molecule has 0 fully saturated rings. The Morgan fingerprint density at radius 1 is 1.42 bits per heavy atom. The molecule has 3 heteroatoms. The zero-order valence-corrected chi connectivity index (χ0v) is 6.44. The summed E-state index contributed by atoms with van der Waals surface area (Å²) in [4.78, 5) is 5.72. The van der Waals surface area contributed by atoms with Crippen molar-refractivity contribution in [3.63, 3.8) is 0 Å². The van der Waals surface area contributed by atoms with Crippen LogP contribution >= 0.6 is 0 Å². The third-order valence-corrected chi connectivity index (χ3v) is 1.75. The average molecular weight is 157 g/mol. The lowest BCUT2D eigenvalue weighted by atomic mass is 10.3. The van der Waals surface area contributed by atoms with Gasteiger partial charge in [-0.15, -0.1) is 0 Å². The Hall–Kier alpha value is -1.82. The van der Waals surface area contributed by atoms with E-state index in [2.05, 4.69) is 4.99 Å². The van der Waals surface area contributed by atoms with Gasteiger partial charge in [0.05, 0.1) is 5.36 Å². The van der Waals surface area contributed by atoms with Crippen LogP contribution in [0.4, 0.5) is 0 Å². The number of hydrogen-bond donors (Lipinski definition) is 0. The first-order chi connectivity index (χ1) is 5.90. The van der Waals surface area contributed by atoms with E-state index in [1.54, 1.807) is 0 Å². The molecule has 1 aliphatic rings. The maximum Gasteiger partial charge on any atom is 0.185 e. The van der Waals surface area contributed by atoms with Gasteiger partial charge < -0.3 is 0 Å².